The second-order valence-electron chi connectivity index (χ2n) is 3.84. The van der Waals surface area contributed by atoms with E-state index in [1.807, 2.05) is 0 Å². The van der Waals surface area contributed by atoms with Gasteiger partial charge in [0.2, 0.25) is 11.8 Å². The van der Waals surface area contributed by atoms with Crippen molar-refractivity contribution in [2.24, 2.45) is 5.84 Å². The lowest BCUT2D eigenvalue weighted by atomic mass is 10.3. The number of halogens is 1. The van der Waals surface area contributed by atoms with Gasteiger partial charge in [-0.15, -0.1) is 0 Å². The Bertz CT molecular complexity index is 719. The lowest BCUT2D eigenvalue weighted by Gasteiger charge is -2.08. The molecule has 0 saturated heterocycles. The topological polar surface area (TPSA) is 107 Å². The van der Waals surface area contributed by atoms with Gasteiger partial charge < -0.3 is 4.74 Å². The zero-order valence-electron chi connectivity index (χ0n) is 10.4. The van der Waals surface area contributed by atoms with E-state index in [-0.39, 0.29) is 21.7 Å². The molecule has 0 aliphatic carbocycles. The van der Waals surface area contributed by atoms with Crippen LogP contribution in [0.15, 0.2) is 35.4 Å². The molecule has 0 spiro atoms. The fourth-order valence-corrected chi connectivity index (χ4v) is 2.12. The average Bonchev–Trinajstić information content (AvgIpc) is 2.41. The van der Waals surface area contributed by atoms with Crippen LogP contribution in [-0.2, 0) is 9.84 Å². The Balaban J connectivity index is 2.26. The van der Waals surface area contributed by atoms with Crippen molar-refractivity contribution in [2.45, 2.75) is 4.90 Å². The minimum absolute atomic E-state index is 0.113. The first-order valence-electron chi connectivity index (χ1n) is 5.37. The van der Waals surface area contributed by atoms with Crippen molar-refractivity contribution >= 4 is 27.4 Å². The number of benzene rings is 1. The van der Waals surface area contributed by atoms with Gasteiger partial charge in [-0.1, -0.05) is 11.6 Å². The van der Waals surface area contributed by atoms with Crippen molar-refractivity contribution in [2.75, 3.05) is 11.7 Å². The highest BCUT2D eigenvalue weighted by atomic mass is 35.5. The molecule has 3 N–H and O–H groups in total. The number of aromatic nitrogens is 2. The van der Waals surface area contributed by atoms with Gasteiger partial charge in [-0.05, 0) is 24.3 Å². The van der Waals surface area contributed by atoms with Crippen molar-refractivity contribution in [3.8, 4) is 11.6 Å². The molecule has 9 heteroatoms. The minimum Gasteiger partial charge on any atom is -0.437 e. The number of nitrogens with one attached hydrogen (secondary N) is 1. The lowest BCUT2D eigenvalue weighted by molar-refractivity contribution is 0.462. The maximum absolute atomic E-state index is 11.3. The van der Waals surface area contributed by atoms with E-state index in [1.54, 1.807) is 0 Å². The van der Waals surface area contributed by atoms with Gasteiger partial charge in [0, 0.05) is 6.26 Å². The molecular weight excluding hydrogens is 304 g/mol. The number of nitrogens with two attached hydrogens (primary N) is 1. The molecule has 0 unspecified atom stereocenters. The average molecular weight is 315 g/mol. The van der Waals surface area contributed by atoms with Crippen LogP contribution >= 0.6 is 11.6 Å². The summed E-state index contributed by atoms with van der Waals surface area (Å²) in [5, 5.41) is 0.205. The lowest BCUT2D eigenvalue weighted by Crippen LogP contribution is -2.10. The van der Waals surface area contributed by atoms with Crippen LogP contribution in [0.25, 0.3) is 0 Å². The van der Waals surface area contributed by atoms with E-state index in [9.17, 15) is 8.42 Å². The molecule has 0 aliphatic rings. The first-order valence-corrected chi connectivity index (χ1v) is 7.64. The number of rotatable bonds is 4. The maximum Gasteiger partial charge on any atom is 0.243 e. The molecule has 0 amide bonds. The Morgan fingerprint density at radius 1 is 1.30 bits per heavy atom. The number of hydrogen-bond acceptors (Lipinski definition) is 7. The zero-order valence-corrected chi connectivity index (χ0v) is 11.9. The summed E-state index contributed by atoms with van der Waals surface area (Å²) < 4.78 is 28.1. The van der Waals surface area contributed by atoms with Gasteiger partial charge in [-0.2, -0.15) is 4.98 Å². The van der Waals surface area contributed by atoms with Gasteiger partial charge in [-0.25, -0.2) is 19.2 Å². The van der Waals surface area contributed by atoms with Gasteiger partial charge in [-0.3, -0.25) is 5.43 Å². The van der Waals surface area contributed by atoms with Crippen LogP contribution < -0.4 is 16.0 Å². The zero-order chi connectivity index (χ0) is 14.8. The third-order valence-electron chi connectivity index (χ3n) is 2.31. The molecule has 0 aliphatic heterocycles. The van der Waals surface area contributed by atoms with Crippen molar-refractivity contribution < 1.29 is 13.2 Å². The number of nitrogen functional groups attached to an aromatic ring is 1. The molecule has 20 heavy (non-hydrogen) atoms. The number of ether oxygens (including phenoxy) is 1. The van der Waals surface area contributed by atoms with Crippen LogP contribution in [-0.4, -0.2) is 24.6 Å². The van der Waals surface area contributed by atoms with Crippen LogP contribution in [0.2, 0.25) is 5.02 Å². The second kappa shape index (κ2) is 5.61. The predicted octanol–water partition coefficient (Wildman–Crippen LogP) is 1.61. The smallest absolute Gasteiger partial charge is 0.243 e. The number of sulfone groups is 1. The van der Waals surface area contributed by atoms with Crippen LogP contribution in [0.4, 0.5) is 5.95 Å². The Hall–Kier alpha value is -1.90. The molecule has 2 aromatic rings. The maximum atomic E-state index is 11.3. The molecular formula is C11H11ClN4O3S. The summed E-state index contributed by atoms with van der Waals surface area (Å²) in [6, 6.07) is 5.87. The van der Waals surface area contributed by atoms with Gasteiger partial charge >= 0.3 is 0 Å². The van der Waals surface area contributed by atoms with E-state index < -0.39 is 9.84 Å². The van der Waals surface area contributed by atoms with E-state index in [1.165, 1.54) is 30.5 Å². The summed E-state index contributed by atoms with van der Waals surface area (Å²) in [7, 11) is -3.25. The Morgan fingerprint density at radius 3 is 2.50 bits per heavy atom. The summed E-state index contributed by atoms with van der Waals surface area (Å²) in [5.74, 6) is 5.84. The number of nitrogens with zero attached hydrogens (tertiary/aromatic N) is 2. The van der Waals surface area contributed by atoms with Gasteiger partial charge in [0.05, 0.1) is 11.1 Å². The van der Waals surface area contributed by atoms with Crippen molar-refractivity contribution in [3.05, 3.63) is 35.5 Å². The summed E-state index contributed by atoms with van der Waals surface area (Å²) in [4.78, 5) is 7.94. The number of anilines is 1. The molecule has 7 nitrogen and oxygen atoms in total. The fourth-order valence-electron chi connectivity index (χ4n) is 1.36. The van der Waals surface area contributed by atoms with E-state index in [2.05, 4.69) is 15.4 Å². The molecule has 0 bridgehead atoms. The molecule has 0 atom stereocenters. The molecule has 1 heterocycles. The highest BCUT2D eigenvalue weighted by Gasteiger charge is 2.10. The van der Waals surface area contributed by atoms with Crippen LogP contribution in [0.5, 0.6) is 11.6 Å². The normalized spacial score (nSPS) is 11.2. The second-order valence-corrected chi connectivity index (χ2v) is 6.26. The van der Waals surface area contributed by atoms with Crippen LogP contribution in [0.3, 0.4) is 0 Å². The molecule has 1 aromatic heterocycles. The van der Waals surface area contributed by atoms with Crippen molar-refractivity contribution in [1.29, 1.82) is 0 Å². The van der Waals surface area contributed by atoms with E-state index in [0.717, 1.165) is 6.26 Å². The van der Waals surface area contributed by atoms with E-state index >= 15 is 0 Å². The quantitative estimate of drug-likeness (QED) is 0.652. The molecule has 1 aromatic carbocycles. The summed E-state index contributed by atoms with van der Waals surface area (Å²) in [6.07, 6.45) is 2.47. The third-order valence-corrected chi connectivity index (χ3v) is 3.70. The number of hydrazine groups is 1. The predicted molar refractivity (Wildman–Crippen MR) is 74.5 cm³/mol. The summed E-state index contributed by atoms with van der Waals surface area (Å²) in [6.45, 7) is 0. The minimum atomic E-state index is -3.25. The Labute approximate surface area is 120 Å². The van der Waals surface area contributed by atoms with Crippen LogP contribution in [0, 0.1) is 0 Å². The highest BCUT2D eigenvalue weighted by molar-refractivity contribution is 7.90. The summed E-state index contributed by atoms with van der Waals surface area (Å²) in [5.41, 5.74) is 2.27. The first kappa shape index (κ1) is 14.5. The van der Waals surface area contributed by atoms with E-state index in [4.69, 9.17) is 22.2 Å². The Kier molecular flexibility index (Phi) is 4.07. The van der Waals surface area contributed by atoms with Crippen LogP contribution in [0.1, 0.15) is 0 Å². The fraction of sp³-hybridized carbons (Fsp3) is 0.0909. The first-order chi connectivity index (χ1) is 9.40. The monoisotopic (exact) mass is 314 g/mol. The van der Waals surface area contributed by atoms with Crippen molar-refractivity contribution in [3.63, 3.8) is 0 Å². The Morgan fingerprint density at radius 2 is 1.95 bits per heavy atom. The van der Waals surface area contributed by atoms with Gasteiger partial charge in [0.25, 0.3) is 0 Å². The van der Waals surface area contributed by atoms with Gasteiger partial charge in [0.1, 0.15) is 10.8 Å². The molecule has 0 saturated carbocycles. The third kappa shape index (κ3) is 3.35. The number of hydrogen-bond donors (Lipinski definition) is 2. The van der Waals surface area contributed by atoms with Gasteiger partial charge in [0.15, 0.2) is 9.84 Å². The summed E-state index contributed by atoms with van der Waals surface area (Å²) >= 11 is 5.89. The SMILES string of the molecule is CS(=O)(=O)c1ccc(Oc2nc(NN)ncc2Cl)cc1. The molecule has 0 radical (unpaired) electrons. The van der Waals surface area contributed by atoms with Crippen molar-refractivity contribution in [1.82, 2.24) is 9.97 Å². The molecule has 106 valence electrons. The molecule has 0 fully saturated rings. The molecule has 2 rings (SSSR count). The standard InChI is InChI=1S/C11H11ClN4O3S/c1-20(17,18)8-4-2-7(3-5-8)19-10-9(12)6-14-11(15-10)16-13/h2-6H,13H2,1H3,(H,14,15,16). The highest BCUT2D eigenvalue weighted by Crippen LogP contribution is 2.27. The van der Waals surface area contributed by atoms with E-state index in [0.29, 0.717) is 5.75 Å². The largest absolute Gasteiger partial charge is 0.437 e.